The number of hydrogen-bond donors (Lipinski definition) is 1. The Morgan fingerprint density at radius 3 is 2.41 bits per heavy atom. The van der Waals surface area contributed by atoms with E-state index in [4.69, 9.17) is 31.5 Å². The van der Waals surface area contributed by atoms with Crippen LogP contribution in [0, 0.1) is 5.92 Å². The highest BCUT2D eigenvalue weighted by atomic mass is 35.5. The molecule has 2 aromatic heterocycles. The van der Waals surface area contributed by atoms with Gasteiger partial charge in [-0.15, -0.1) is 0 Å². The fraction of sp³-hybridized carbons (Fsp3) is 0.529. The first kappa shape index (κ1) is 20.8. The number of imidazole rings is 1. The molecule has 2 heterocycles. The summed E-state index contributed by atoms with van der Waals surface area (Å²) in [7, 11) is 0. The van der Waals surface area contributed by atoms with Crippen LogP contribution >= 0.6 is 11.6 Å². The van der Waals surface area contributed by atoms with Crippen LogP contribution < -0.4 is 5.73 Å². The maximum Gasteiger partial charge on any atom is 0.303 e. The zero-order chi connectivity index (χ0) is 21.3. The molecule has 1 aliphatic rings. The second-order valence-electron chi connectivity index (χ2n) is 6.71. The Kier molecular flexibility index (Phi) is 5.87. The molecule has 12 heteroatoms. The molecule has 4 unspecified atom stereocenters. The van der Waals surface area contributed by atoms with E-state index in [0.29, 0.717) is 17.6 Å². The van der Waals surface area contributed by atoms with Crippen molar-refractivity contribution in [2.75, 3.05) is 12.3 Å². The number of rotatable bonds is 5. The van der Waals surface area contributed by atoms with E-state index < -0.39 is 42.1 Å². The van der Waals surface area contributed by atoms with Gasteiger partial charge in [-0.3, -0.25) is 14.4 Å². The van der Waals surface area contributed by atoms with Crippen molar-refractivity contribution in [2.45, 2.75) is 45.4 Å². The van der Waals surface area contributed by atoms with Crippen LogP contribution in [0.25, 0.3) is 11.2 Å². The van der Waals surface area contributed by atoms with Crippen LogP contribution in [-0.2, 0) is 28.6 Å². The van der Waals surface area contributed by atoms with E-state index >= 15 is 0 Å². The summed E-state index contributed by atoms with van der Waals surface area (Å²) < 4.78 is 17.7. The van der Waals surface area contributed by atoms with Crippen molar-refractivity contribution in [3.8, 4) is 0 Å². The summed E-state index contributed by atoms with van der Waals surface area (Å²) in [4.78, 5) is 47.0. The van der Waals surface area contributed by atoms with Crippen molar-refractivity contribution >= 4 is 46.6 Å². The second kappa shape index (κ2) is 8.19. The molecule has 0 amide bonds. The Morgan fingerprint density at radius 2 is 1.79 bits per heavy atom. The summed E-state index contributed by atoms with van der Waals surface area (Å²) in [5, 5.41) is 0.0845. The van der Waals surface area contributed by atoms with Gasteiger partial charge in [0.1, 0.15) is 11.6 Å². The molecule has 0 spiro atoms. The largest absolute Gasteiger partial charge is 0.465 e. The first-order valence-corrected chi connectivity index (χ1v) is 9.18. The Labute approximate surface area is 170 Å². The Morgan fingerprint density at radius 1 is 1.14 bits per heavy atom. The monoisotopic (exact) mass is 425 g/mol. The number of carbonyl (C=O) groups excluding carboxylic acids is 3. The molecule has 3 rings (SSSR count). The lowest BCUT2D eigenvalue weighted by molar-refractivity contribution is -0.168. The number of esters is 3. The number of halogens is 1. The summed E-state index contributed by atoms with van der Waals surface area (Å²) in [6, 6.07) is -0.515. The van der Waals surface area contributed by atoms with Crippen LogP contribution in [0.1, 0.15) is 33.2 Å². The summed E-state index contributed by atoms with van der Waals surface area (Å²) in [5.74, 6) is -2.03. The van der Waals surface area contributed by atoms with Crippen molar-refractivity contribution in [2.24, 2.45) is 5.92 Å². The van der Waals surface area contributed by atoms with E-state index in [1.54, 1.807) is 4.57 Å². The number of fused-ring (bicyclic) bond motifs is 1. The van der Waals surface area contributed by atoms with Crippen molar-refractivity contribution in [1.82, 2.24) is 19.5 Å². The molecule has 156 valence electrons. The number of nitrogens with two attached hydrogens (primary N) is 1. The van der Waals surface area contributed by atoms with Crippen LogP contribution in [0.4, 0.5) is 5.95 Å². The molecule has 1 saturated carbocycles. The highest BCUT2D eigenvalue weighted by Gasteiger charge is 2.49. The molecule has 0 aliphatic heterocycles. The molecule has 0 radical (unpaired) electrons. The zero-order valence-corrected chi connectivity index (χ0v) is 16.8. The van der Waals surface area contributed by atoms with Crippen LogP contribution in [0.2, 0.25) is 5.15 Å². The summed E-state index contributed by atoms with van der Waals surface area (Å²) in [6.45, 7) is 3.78. The first-order chi connectivity index (χ1) is 13.7. The number of carbonyl (C=O) groups is 3. The van der Waals surface area contributed by atoms with Gasteiger partial charge in [0.05, 0.1) is 19.0 Å². The van der Waals surface area contributed by atoms with Crippen molar-refractivity contribution in [1.29, 1.82) is 0 Å². The molecular weight excluding hydrogens is 406 g/mol. The van der Waals surface area contributed by atoms with E-state index in [9.17, 15) is 14.4 Å². The minimum Gasteiger partial charge on any atom is -0.465 e. The molecule has 29 heavy (non-hydrogen) atoms. The molecule has 1 fully saturated rings. The van der Waals surface area contributed by atoms with Crippen molar-refractivity contribution in [3.05, 3.63) is 11.5 Å². The highest BCUT2D eigenvalue weighted by Crippen LogP contribution is 2.41. The predicted octanol–water partition coefficient (Wildman–Crippen LogP) is 1.05. The van der Waals surface area contributed by atoms with Crippen LogP contribution in [0.15, 0.2) is 6.33 Å². The zero-order valence-electron chi connectivity index (χ0n) is 16.0. The highest BCUT2D eigenvalue weighted by molar-refractivity contribution is 6.33. The van der Waals surface area contributed by atoms with Gasteiger partial charge in [-0.25, -0.2) is 4.98 Å². The number of anilines is 1. The fourth-order valence-corrected chi connectivity index (χ4v) is 3.78. The number of nitrogen functional groups attached to an aromatic ring is 1. The molecule has 2 N–H and O–H groups in total. The molecule has 0 aromatic carbocycles. The Hall–Kier alpha value is -2.95. The number of hydrogen-bond acceptors (Lipinski definition) is 10. The molecule has 0 bridgehead atoms. The number of ether oxygens (including phenoxy) is 3. The average molecular weight is 426 g/mol. The number of aromatic nitrogens is 4. The van der Waals surface area contributed by atoms with Gasteiger partial charge in [-0.1, -0.05) is 11.6 Å². The van der Waals surface area contributed by atoms with Crippen molar-refractivity contribution in [3.63, 3.8) is 0 Å². The van der Waals surface area contributed by atoms with E-state index in [0.717, 1.165) is 0 Å². The van der Waals surface area contributed by atoms with E-state index in [1.807, 2.05) is 0 Å². The van der Waals surface area contributed by atoms with E-state index in [2.05, 4.69) is 15.0 Å². The fourth-order valence-electron chi connectivity index (χ4n) is 3.56. The van der Waals surface area contributed by atoms with Gasteiger partial charge in [0, 0.05) is 26.7 Å². The summed E-state index contributed by atoms with van der Waals surface area (Å²) in [6.07, 6.45) is 0.151. The lowest BCUT2D eigenvalue weighted by Crippen LogP contribution is -2.38. The summed E-state index contributed by atoms with van der Waals surface area (Å²) in [5.41, 5.74) is 6.38. The smallest absolute Gasteiger partial charge is 0.303 e. The first-order valence-electron chi connectivity index (χ1n) is 8.80. The number of nitrogens with zero attached hydrogens (tertiary/aromatic N) is 4. The Balaban J connectivity index is 2.04. The van der Waals surface area contributed by atoms with Gasteiger partial charge in [-0.2, -0.15) is 9.97 Å². The second-order valence-corrected chi connectivity index (χ2v) is 7.07. The van der Waals surface area contributed by atoms with Gasteiger partial charge < -0.3 is 24.5 Å². The minimum atomic E-state index is -0.857. The molecule has 2 aromatic rings. The predicted molar refractivity (Wildman–Crippen MR) is 99.6 cm³/mol. The average Bonchev–Trinajstić information content (AvgIpc) is 3.15. The quantitative estimate of drug-likeness (QED) is 0.418. The molecular formula is C17H20ClN5O6. The minimum absolute atomic E-state index is 0.00788. The lowest BCUT2D eigenvalue weighted by atomic mass is 10.1. The molecule has 1 aliphatic carbocycles. The van der Waals surface area contributed by atoms with Gasteiger partial charge >= 0.3 is 17.9 Å². The third kappa shape index (κ3) is 4.39. The third-order valence-electron chi connectivity index (χ3n) is 4.57. The lowest BCUT2D eigenvalue weighted by Gasteiger charge is -2.26. The van der Waals surface area contributed by atoms with Gasteiger partial charge in [0.2, 0.25) is 5.95 Å². The van der Waals surface area contributed by atoms with Gasteiger partial charge in [0.15, 0.2) is 16.9 Å². The van der Waals surface area contributed by atoms with E-state index in [-0.39, 0.29) is 17.7 Å². The topological polar surface area (TPSA) is 149 Å². The summed E-state index contributed by atoms with van der Waals surface area (Å²) >= 11 is 6.09. The third-order valence-corrected chi connectivity index (χ3v) is 4.83. The maximum absolute atomic E-state index is 11.8. The van der Waals surface area contributed by atoms with Crippen LogP contribution in [-0.4, -0.2) is 56.2 Å². The molecule has 0 saturated heterocycles. The van der Waals surface area contributed by atoms with Crippen molar-refractivity contribution < 1.29 is 28.6 Å². The maximum atomic E-state index is 11.8. The normalized spacial score (nSPS) is 23.7. The standard InChI is InChI=1S/C17H20ClN5O6/c1-7(24)27-5-10-4-11(14(29-9(3)26)13(10)28-8(2)25)23-6-20-12-15(18)21-17(19)22-16(12)23/h6,10-11,13-14H,4-5H2,1-3H3,(H2,19,21,22). The Bertz CT molecular complexity index is 963. The van der Waals surface area contributed by atoms with Crippen LogP contribution in [0.3, 0.4) is 0 Å². The van der Waals surface area contributed by atoms with Gasteiger partial charge in [0.25, 0.3) is 0 Å². The van der Waals surface area contributed by atoms with Gasteiger partial charge in [-0.05, 0) is 6.42 Å². The van der Waals surface area contributed by atoms with Crippen LogP contribution in [0.5, 0.6) is 0 Å². The van der Waals surface area contributed by atoms with E-state index in [1.165, 1.54) is 27.1 Å². The molecule has 4 atom stereocenters. The molecule has 11 nitrogen and oxygen atoms in total. The SMILES string of the molecule is CC(=O)OCC1CC(n2cnc3c(Cl)nc(N)nc32)C(OC(C)=O)C1OC(C)=O.